The number of nitrogens with one attached hydrogen (secondary N) is 1. The molecule has 6 heteroatoms. The Kier molecular flexibility index (Phi) is 4.92. The second-order valence-corrected chi connectivity index (χ2v) is 4.13. The van der Waals surface area contributed by atoms with Crippen LogP contribution in [0.1, 0.15) is 6.92 Å². The minimum atomic E-state index is 0.00463. The van der Waals surface area contributed by atoms with Crippen molar-refractivity contribution in [2.75, 3.05) is 7.05 Å². The average Bonchev–Trinajstić information content (AvgIpc) is 2.90. The highest BCUT2D eigenvalue weighted by Gasteiger charge is 1.98. The molecule has 0 bridgehead atoms. The van der Waals surface area contributed by atoms with Crippen molar-refractivity contribution in [1.82, 2.24) is 14.9 Å². The summed E-state index contributed by atoms with van der Waals surface area (Å²) in [6.45, 7) is 1.47. The first-order valence-corrected chi connectivity index (χ1v) is 5.95. The zero-order chi connectivity index (χ0) is 11.1. The van der Waals surface area contributed by atoms with Crippen LogP contribution in [0.25, 0.3) is 10.6 Å². The van der Waals surface area contributed by atoms with E-state index in [0.717, 1.165) is 5.69 Å². The Hall–Kier alpha value is -1.27. The molecule has 0 radical (unpaired) electrons. The van der Waals surface area contributed by atoms with E-state index in [1.165, 1.54) is 23.3 Å². The third-order valence-electron chi connectivity index (χ3n) is 1.49. The van der Waals surface area contributed by atoms with E-state index in [1.54, 1.807) is 18.4 Å². The van der Waals surface area contributed by atoms with E-state index < -0.39 is 0 Å². The number of hydrogen-bond acceptors (Lipinski definition) is 5. The lowest BCUT2D eigenvalue weighted by molar-refractivity contribution is -0.118. The number of thiophene rings is 1. The molecule has 0 saturated carbocycles. The van der Waals surface area contributed by atoms with Crippen molar-refractivity contribution in [3.8, 4) is 10.6 Å². The average molecular weight is 241 g/mol. The van der Waals surface area contributed by atoms with Crippen LogP contribution >= 0.6 is 22.9 Å². The van der Waals surface area contributed by atoms with Gasteiger partial charge >= 0.3 is 0 Å². The molecule has 80 valence electrons. The number of amides is 1. The van der Waals surface area contributed by atoms with Gasteiger partial charge in [0.05, 0.1) is 4.88 Å². The number of nitrogens with zero attached hydrogens (tertiary/aromatic N) is 2. The summed E-state index contributed by atoms with van der Waals surface area (Å²) >= 11 is 3.07. The zero-order valence-electron chi connectivity index (χ0n) is 8.43. The minimum absolute atomic E-state index is 0.00463. The van der Waals surface area contributed by atoms with Gasteiger partial charge in [-0.15, -0.1) is 16.4 Å². The second kappa shape index (κ2) is 6.26. The fourth-order valence-corrected chi connectivity index (χ4v) is 1.91. The van der Waals surface area contributed by atoms with Crippen molar-refractivity contribution in [1.29, 1.82) is 0 Å². The van der Waals surface area contributed by atoms with Gasteiger partial charge in [-0.1, -0.05) is 10.6 Å². The van der Waals surface area contributed by atoms with Crippen molar-refractivity contribution >= 4 is 28.8 Å². The number of carbonyl (C=O) groups is 1. The van der Waals surface area contributed by atoms with Crippen molar-refractivity contribution in [2.24, 2.45) is 0 Å². The predicted molar refractivity (Wildman–Crippen MR) is 63.0 cm³/mol. The van der Waals surface area contributed by atoms with E-state index in [2.05, 4.69) is 14.9 Å². The lowest BCUT2D eigenvalue weighted by Gasteiger charge is -1.81. The molecule has 0 fully saturated rings. The van der Waals surface area contributed by atoms with Crippen LogP contribution in [0.5, 0.6) is 0 Å². The fourth-order valence-electron chi connectivity index (χ4n) is 0.696. The number of rotatable bonds is 1. The topological polar surface area (TPSA) is 54.9 Å². The van der Waals surface area contributed by atoms with E-state index in [-0.39, 0.29) is 5.91 Å². The van der Waals surface area contributed by atoms with E-state index >= 15 is 0 Å². The maximum atomic E-state index is 9.70. The second-order valence-electron chi connectivity index (χ2n) is 2.57. The first-order valence-electron chi connectivity index (χ1n) is 4.23. The molecule has 0 unspecified atom stereocenters. The largest absolute Gasteiger partial charge is 0.359 e. The van der Waals surface area contributed by atoms with Crippen molar-refractivity contribution in [3.05, 3.63) is 22.9 Å². The molecule has 2 aromatic heterocycles. The molecule has 0 aliphatic carbocycles. The zero-order valence-corrected chi connectivity index (χ0v) is 10.1. The summed E-state index contributed by atoms with van der Waals surface area (Å²) in [6.07, 6.45) is 0. The summed E-state index contributed by atoms with van der Waals surface area (Å²) in [6, 6.07) is 4.06. The van der Waals surface area contributed by atoms with Gasteiger partial charge in [-0.25, -0.2) is 0 Å². The molecular weight excluding hydrogens is 230 g/mol. The molecule has 0 atom stereocenters. The summed E-state index contributed by atoms with van der Waals surface area (Å²) in [7, 11) is 1.60. The fraction of sp³-hybridized carbons (Fsp3) is 0.222. The standard InChI is InChI=1S/C6H4N2S2.C3H7NO/c1-2-6(9-3-1)5-4-10-8-7-5;1-3(5)4-2/h1-4H;1-2H3,(H,4,5). The van der Waals surface area contributed by atoms with Crippen LogP contribution in [0.15, 0.2) is 22.9 Å². The van der Waals surface area contributed by atoms with Gasteiger partial charge in [-0.2, -0.15) is 0 Å². The maximum Gasteiger partial charge on any atom is 0.216 e. The summed E-state index contributed by atoms with van der Waals surface area (Å²) in [5.74, 6) is 0.00463. The highest BCUT2D eigenvalue weighted by molar-refractivity contribution is 7.13. The van der Waals surface area contributed by atoms with Gasteiger partial charge in [0, 0.05) is 19.4 Å². The Bertz CT molecular complexity index is 351. The molecule has 2 heterocycles. The van der Waals surface area contributed by atoms with Crippen LogP contribution in [-0.2, 0) is 4.79 Å². The van der Waals surface area contributed by atoms with E-state index in [4.69, 9.17) is 0 Å². The van der Waals surface area contributed by atoms with Crippen LogP contribution in [-0.4, -0.2) is 22.5 Å². The molecule has 2 aromatic rings. The molecule has 1 amide bonds. The van der Waals surface area contributed by atoms with Gasteiger partial charge in [0.1, 0.15) is 5.69 Å². The summed E-state index contributed by atoms with van der Waals surface area (Å²) < 4.78 is 3.78. The van der Waals surface area contributed by atoms with Crippen LogP contribution in [0.4, 0.5) is 0 Å². The normalized spacial score (nSPS) is 8.93. The number of hydrogen-bond donors (Lipinski definition) is 1. The Balaban J connectivity index is 0.000000195. The lowest BCUT2D eigenvalue weighted by atomic mass is 10.4. The first-order chi connectivity index (χ1) is 7.24. The summed E-state index contributed by atoms with van der Waals surface area (Å²) in [5, 5.41) is 10.3. The predicted octanol–water partition coefficient (Wildman–Crippen LogP) is 2.02. The number of aromatic nitrogens is 2. The Morgan fingerprint density at radius 3 is 2.67 bits per heavy atom. The molecule has 0 aliphatic heterocycles. The smallest absolute Gasteiger partial charge is 0.216 e. The van der Waals surface area contributed by atoms with Crippen LogP contribution in [0.3, 0.4) is 0 Å². The molecule has 0 aliphatic rings. The van der Waals surface area contributed by atoms with Crippen molar-refractivity contribution < 1.29 is 4.79 Å². The van der Waals surface area contributed by atoms with Crippen LogP contribution in [0.2, 0.25) is 0 Å². The first kappa shape index (κ1) is 11.8. The van der Waals surface area contributed by atoms with Gasteiger partial charge < -0.3 is 5.32 Å². The molecule has 0 aromatic carbocycles. The molecule has 1 N–H and O–H groups in total. The van der Waals surface area contributed by atoms with E-state index in [1.807, 2.05) is 22.9 Å². The van der Waals surface area contributed by atoms with Gasteiger partial charge in [0.15, 0.2) is 0 Å². The Labute approximate surface area is 96.1 Å². The number of carbonyl (C=O) groups excluding carboxylic acids is 1. The summed E-state index contributed by atoms with van der Waals surface area (Å²) in [5.41, 5.74) is 0.986. The quantitative estimate of drug-likeness (QED) is 0.831. The molecule has 4 nitrogen and oxygen atoms in total. The lowest BCUT2D eigenvalue weighted by Crippen LogP contribution is -2.11. The summed E-state index contributed by atoms with van der Waals surface area (Å²) in [4.78, 5) is 10.9. The SMILES string of the molecule is CNC(C)=O.c1csc(-c2csnn2)c1. The molecular formula is C9H11N3OS2. The van der Waals surface area contributed by atoms with Crippen LogP contribution in [0, 0.1) is 0 Å². The molecule has 0 spiro atoms. The Morgan fingerprint density at radius 1 is 1.53 bits per heavy atom. The van der Waals surface area contributed by atoms with Gasteiger partial charge in [-0.05, 0) is 23.0 Å². The molecule has 0 saturated heterocycles. The van der Waals surface area contributed by atoms with Crippen molar-refractivity contribution in [2.45, 2.75) is 6.92 Å². The van der Waals surface area contributed by atoms with Gasteiger partial charge in [0.2, 0.25) is 5.91 Å². The molecule has 15 heavy (non-hydrogen) atoms. The highest BCUT2D eigenvalue weighted by Crippen LogP contribution is 2.22. The maximum absolute atomic E-state index is 9.70. The van der Waals surface area contributed by atoms with E-state index in [0.29, 0.717) is 0 Å². The van der Waals surface area contributed by atoms with Gasteiger partial charge in [-0.3, -0.25) is 4.79 Å². The minimum Gasteiger partial charge on any atom is -0.359 e. The Morgan fingerprint density at radius 2 is 2.27 bits per heavy atom. The highest BCUT2D eigenvalue weighted by atomic mass is 32.1. The third kappa shape index (κ3) is 4.18. The van der Waals surface area contributed by atoms with E-state index in [9.17, 15) is 4.79 Å². The third-order valence-corrected chi connectivity index (χ3v) is 2.88. The van der Waals surface area contributed by atoms with Crippen LogP contribution < -0.4 is 5.32 Å². The van der Waals surface area contributed by atoms with Gasteiger partial charge in [0.25, 0.3) is 0 Å². The van der Waals surface area contributed by atoms with Crippen molar-refractivity contribution in [3.63, 3.8) is 0 Å². The molecule has 2 rings (SSSR count). The monoisotopic (exact) mass is 241 g/mol.